The number of nitrogens with zero attached hydrogens (tertiary/aromatic N) is 1. The Morgan fingerprint density at radius 1 is 0.867 bits per heavy atom. The molecule has 0 spiro atoms. The summed E-state index contributed by atoms with van der Waals surface area (Å²) in [7, 11) is 0. The van der Waals surface area contributed by atoms with E-state index in [0.717, 1.165) is 41.0 Å². The van der Waals surface area contributed by atoms with E-state index in [1.165, 1.54) is 11.1 Å². The van der Waals surface area contributed by atoms with Crippen molar-refractivity contribution < 1.29 is 56.3 Å². The summed E-state index contributed by atoms with van der Waals surface area (Å²) in [5.74, 6) is 0.834. The van der Waals surface area contributed by atoms with E-state index < -0.39 is 0 Å². The predicted octanol–water partition coefficient (Wildman–Crippen LogP) is 6.21. The van der Waals surface area contributed by atoms with Gasteiger partial charge in [0.1, 0.15) is 6.54 Å². The van der Waals surface area contributed by atoms with Gasteiger partial charge in [0.05, 0.1) is 5.57 Å². The van der Waals surface area contributed by atoms with Crippen molar-refractivity contribution in [1.82, 2.24) is 0 Å². The van der Waals surface area contributed by atoms with Crippen LogP contribution < -0.4 is 0 Å². The molecule has 3 nitrogen and oxygen atoms in total. The van der Waals surface area contributed by atoms with E-state index in [0.29, 0.717) is 0 Å². The van der Waals surface area contributed by atoms with Crippen LogP contribution in [0.1, 0.15) is 18.1 Å². The van der Waals surface area contributed by atoms with Crippen molar-refractivity contribution >= 4 is 30.7 Å². The summed E-state index contributed by atoms with van der Waals surface area (Å²) < 4.78 is 2.08. The van der Waals surface area contributed by atoms with Gasteiger partial charge in [0.25, 0.3) is 5.70 Å². The fourth-order valence-corrected chi connectivity index (χ4v) is 3.15. The average molecular weight is 576 g/mol. The van der Waals surface area contributed by atoms with Crippen LogP contribution in [-0.2, 0) is 10.5 Å². The van der Waals surface area contributed by atoms with Crippen molar-refractivity contribution in [3.8, 4) is 11.1 Å². The quantitative estimate of drug-likeness (QED) is 0.167. The second-order valence-corrected chi connectivity index (χ2v) is 6.74. The molecule has 0 aliphatic carbocycles. The van der Waals surface area contributed by atoms with Crippen LogP contribution >= 0.6 is 12.6 Å². The topological polar surface area (TPSA) is 53.6 Å². The molecule has 0 bridgehead atoms. The first-order valence-electron chi connectivity index (χ1n) is 9.38. The smallest absolute Gasteiger partial charge is 0.280 e. The number of rotatable bonds is 5. The molecule has 0 unspecified atom stereocenters. The summed E-state index contributed by atoms with van der Waals surface area (Å²) in [4.78, 5) is 11.3. The van der Waals surface area contributed by atoms with Crippen molar-refractivity contribution in [2.24, 2.45) is 0 Å². The largest absolute Gasteiger partial charge is 0.693 e. The van der Waals surface area contributed by atoms with Crippen LogP contribution in [0, 0.1) is 46.9 Å². The minimum absolute atomic E-state index is 0. The Bertz CT molecular complexity index is 985. The molecule has 1 aliphatic rings. The van der Waals surface area contributed by atoms with Gasteiger partial charge in [-0.1, -0.05) is 84.9 Å². The van der Waals surface area contributed by atoms with Crippen LogP contribution in [0.15, 0.2) is 90.6 Å². The van der Waals surface area contributed by atoms with Gasteiger partial charge in [-0.05, 0) is 29.2 Å². The Morgan fingerprint density at radius 2 is 1.40 bits per heavy atom. The first-order chi connectivity index (χ1) is 13.8. The molecule has 0 saturated heterocycles. The van der Waals surface area contributed by atoms with Gasteiger partial charge in [-0.2, -0.15) is 17.2 Å². The molecular weight excluding hydrogens is 549 g/mol. The summed E-state index contributed by atoms with van der Waals surface area (Å²) >= 11 is 4.11. The molecule has 0 aromatic heterocycles. The fourth-order valence-electron chi connectivity index (χ4n) is 2.94. The first-order valence-corrected chi connectivity index (χ1v) is 10.0. The second kappa shape index (κ2) is 13.8. The summed E-state index contributed by atoms with van der Waals surface area (Å²) in [5.41, 5.74) is 6.41. The van der Waals surface area contributed by atoms with Gasteiger partial charge in [-0.25, -0.2) is 0 Å². The Kier molecular flexibility index (Phi) is 12.2. The number of allylic oxidation sites excluding steroid dienone is 2. The average Bonchev–Trinajstić information content (AvgIpc) is 3.56. The van der Waals surface area contributed by atoms with E-state index in [1.54, 1.807) is 0 Å². The molecule has 30 heavy (non-hydrogen) atoms. The Morgan fingerprint density at radius 3 is 1.83 bits per heavy atom. The Balaban J connectivity index is 0.000000385. The maximum Gasteiger partial charge on any atom is 0.280 e. The number of carbonyl (C=O) groups is 1. The number of thiol groups is 1. The Hall–Kier alpha value is -1.43. The van der Waals surface area contributed by atoms with Gasteiger partial charge in [0, 0.05) is 52.7 Å². The molecule has 162 valence electrons. The van der Waals surface area contributed by atoms with Crippen molar-refractivity contribution in [3.05, 3.63) is 108 Å². The predicted molar refractivity (Wildman–Crippen MR) is 126 cm³/mol. The van der Waals surface area contributed by atoms with Crippen molar-refractivity contribution in [2.45, 2.75) is 12.7 Å². The molecule has 0 radical (unpaired) electrons. The van der Waals surface area contributed by atoms with Crippen LogP contribution in [0.2, 0.25) is 0 Å². The number of hydrogen-bond donors (Lipinski definition) is 1. The minimum atomic E-state index is 0. The summed E-state index contributed by atoms with van der Waals surface area (Å²) in [6.45, 7) is 2.99. The maximum atomic E-state index is 11.3. The van der Waals surface area contributed by atoms with Crippen LogP contribution in [0.3, 0.4) is 0 Å². The summed E-state index contributed by atoms with van der Waals surface area (Å²) in [5, 5.41) is 0. The fraction of sp³-hybridized carbons (Fsp3) is 0.120. The SMILES string of the molecule is CC[N+]1=CC/1=C(\C=O)c1ccc(-c2ccccc2)cc1.SCc1ccccc1.[NH2-].[Yb]. The van der Waals surface area contributed by atoms with Crippen LogP contribution in [-0.4, -0.2) is 23.6 Å². The third-order valence-corrected chi connectivity index (χ3v) is 4.95. The van der Waals surface area contributed by atoms with E-state index in [1.807, 2.05) is 54.7 Å². The summed E-state index contributed by atoms with van der Waals surface area (Å²) in [6, 6.07) is 28.6. The molecule has 1 heterocycles. The third-order valence-electron chi connectivity index (χ3n) is 4.58. The van der Waals surface area contributed by atoms with Gasteiger partial charge in [-0.3, -0.25) is 4.79 Å². The number of hydrogen-bond acceptors (Lipinski definition) is 2. The molecule has 0 saturated carbocycles. The molecule has 4 rings (SSSR count). The Labute approximate surface area is 223 Å². The van der Waals surface area contributed by atoms with Crippen molar-refractivity contribution in [1.29, 1.82) is 0 Å². The molecule has 1 aliphatic heterocycles. The normalized spacial score (nSPS) is 12.8. The zero-order valence-corrected chi connectivity index (χ0v) is 19.4. The number of benzene rings is 3. The van der Waals surface area contributed by atoms with Gasteiger partial charge in [-0.15, -0.1) is 0 Å². The molecule has 0 atom stereocenters. The zero-order valence-electron chi connectivity index (χ0n) is 16.8. The monoisotopic (exact) mass is 576 g/mol. The molecule has 3 aromatic carbocycles. The van der Waals surface area contributed by atoms with E-state index in [4.69, 9.17) is 0 Å². The van der Waals surface area contributed by atoms with Crippen LogP contribution in [0.4, 0.5) is 0 Å². The number of nitrogens with two attached hydrogens (primary N) is 1. The van der Waals surface area contributed by atoms with Gasteiger partial charge >= 0.3 is 0 Å². The molecule has 0 amide bonds. The standard InChI is InChI=1S/C18H16NO.C7H8S.H2N.Yb/c1-2-19-12-18(19)17(13-20)16-10-8-15(9-11-16)14-6-4-3-5-7-14;8-6-7-4-2-1-3-5-7;;/h3-13H,2H2,1H3;1-5,8H,6H2;1H2;/q+1;;-1;/b18-17-;;;. The van der Waals surface area contributed by atoms with Crippen LogP contribution in [0.5, 0.6) is 0 Å². The van der Waals surface area contributed by atoms with E-state index in [2.05, 4.69) is 60.5 Å². The van der Waals surface area contributed by atoms with Crippen molar-refractivity contribution in [2.75, 3.05) is 6.54 Å². The van der Waals surface area contributed by atoms with Gasteiger partial charge < -0.3 is 6.15 Å². The van der Waals surface area contributed by atoms with Crippen molar-refractivity contribution in [3.63, 3.8) is 0 Å². The number of aldehydes is 1. The maximum absolute atomic E-state index is 11.3. The van der Waals surface area contributed by atoms with E-state index in [9.17, 15) is 4.79 Å². The molecule has 0 fully saturated rings. The van der Waals surface area contributed by atoms with Crippen LogP contribution in [0.25, 0.3) is 22.9 Å². The molecule has 3 aromatic rings. The second-order valence-electron chi connectivity index (χ2n) is 6.42. The van der Waals surface area contributed by atoms with E-state index >= 15 is 0 Å². The van der Waals surface area contributed by atoms with Gasteiger partial charge in [0.2, 0.25) is 6.21 Å². The molecule has 2 N–H and O–H groups in total. The van der Waals surface area contributed by atoms with E-state index in [-0.39, 0.29) is 53.1 Å². The minimum Gasteiger partial charge on any atom is -0.693 e. The first kappa shape index (κ1) is 26.6. The molecular formula is C25H26N2OSYb. The van der Waals surface area contributed by atoms with Gasteiger partial charge in [0.15, 0.2) is 6.29 Å². The zero-order chi connectivity index (χ0) is 19.8. The molecule has 5 heteroatoms. The summed E-state index contributed by atoms with van der Waals surface area (Å²) in [6.07, 6.45) is 2.95. The third kappa shape index (κ3) is 7.36. The number of carbonyl (C=O) groups excluding carboxylic acids is 1.